The molecule has 0 bridgehead atoms. The highest BCUT2D eigenvalue weighted by Gasteiger charge is 2.14. The number of hydrogen-bond donors (Lipinski definition) is 2. The van der Waals surface area contributed by atoms with E-state index in [1.165, 1.54) is 4.88 Å². The SMILES string of the molecule is CNc1cc(C)ncc1C(=O)NC(C)Cc1cccs1. The van der Waals surface area contributed by atoms with Crippen molar-refractivity contribution < 1.29 is 4.79 Å². The molecule has 0 aliphatic heterocycles. The van der Waals surface area contributed by atoms with Crippen LogP contribution >= 0.6 is 11.3 Å². The summed E-state index contributed by atoms with van der Waals surface area (Å²) in [5.41, 5.74) is 2.27. The van der Waals surface area contributed by atoms with Crippen molar-refractivity contribution >= 4 is 22.9 Å². The van der Waals surface area contributed by atoms with Crippen LogP contribution in [0, 0.1) is 6.92 Å². The second-order valence-corrected chi connectivity index (χ2v) is 5.81. The maximum absolute atomic E-state index is 12.3. The molecule has 2 heterocycles. The van der Waals surface area contributed by atoms with Crippen molar-refractivity contribution in [2.45, 2.75) is 26.3 Å². The van der Waals surface area contributed by atoms with Gasteiger partial charge >= 0.3 is 0 Å². The number of anilines is 1. The van der Waals surface area contributed by atoms with E-state index in [-0.39, 0.29) is 11.9 Å². The Labute approximate surface area is 123 Å². The first-order valence-corrected chi connectivity index (χ1v) is 7.45. The molecule has 4 nitrogen and oxygen atoms in total. The van der Waals surface area contributed by atoms with E-state index in [2.05, 4.69) is 21.7 Å². The molecular weight excluding hydrogens is 270 g/mol. The zero-order valence-corrected chi connectivity index (χ0v) is 12.8. The molecule has 2 N–H and O–H groups in total. The number of amides is 1. The van der Waals surface area contributed by atoms with Crippen molar-refractivity contribution in [2.75, 3.05) is 12.4 Å². The van der Waals surface area contributed by atoms with Crippen LogP contribution in [0.25, 0.3) is 0 Å². The van der Waals surface area contributed by atoms with Crippen molar-refractivity contribution in [3.8, 4) is 0 Å². The van der Waals surface area contributed by atoms with Crippen LogP contribution in [0.2, 0.25) is 0 Å². The van der Waals surface area contributed by atoms with Gasteiger partial charge in [-0.1, -0.05) is 6.07 Å². The van der Waals surface area contributed by atoms with Gasteiger partial charge in [-0.2, -0.15) is 0 Å². The first-order chi connectivity index (χ1) is 9.60. The van der Waals surface area contributed by atoms with Crippen molar-refractivity contribution in [2.24, 2.45) is 0 Å². The molecule has 0 radical (unpaired) electrons. The van der Waals surface area contributed by atoms with Crippen molar-refractivity contribution in [1.82, 2.24) is 10.3 Å². The third-order valence-corrected chi connectivity index (χ3v) is 3.92. The van der Waals surface area contributed by atoms with Gasteiger partial charge in [0.2, 0.25) is 0 Å². The smallest absolute Gasteiger partial charge is 0.255 e. The number of pyridine rings is 1. The molecule has 1 atom stereocenters. The third-order valence-electron chi connectivity index (χ3n) is 3.02. The Kier molecular flexibility index (Phi) is 4.74. The first kappa shape index (κ1) is 14.5. The van der Waals surface area contributed by atoms with Crippen LogP contribution in [0.3, 0.4) is 0 Å². The van der Waals surface area contributed by atoms with Gasteiger partial charge < -0.3 is 10.6 Å². The molecular formula is C15H19N3OS. The van der Waals surface area contributed by atoms with E-state index in [0.29, 0.717) is 5.56 Å². The summed E-state index contributed by atoms with van der Waals surface area (Å²) in [6.07, 6.45) is 2.46. The molecule has 106 valence electrons. The molecule has 0 fully saturated rings. The van der Waals surface area contributed by atoms with Crippen LogP contribution < -0.4 is 10.6 Å². The van der Waals surface area contributed by atoms with E-state index in [9.17, 15) is 4.79 Å². The normalized spacial score (nSPS) is 11.9. The van der Waals surface area contributed by atoms with E-state index in [1.807, 2.05) is 31.4 Å². The number of nitrogens with one attached hydrogen (secondary N) is 2. The number of carbonyl (C=O) groups excluding carboxylic acids is 1. The lowest BCUT2D eigenvalue weighted by Crippen LogP contribution is -2.34. The average Bonchev–Trinajstić information content (AvgIpc) is 2.90. The quantitative estimate of drug-likeness (QED) is 0.890. The maximum atomic E-state index is 12.3. The molecule has 1 unspecified atom stereocenters. The first-order valence-electron chi connectivity index (χ1n) is 6.57. The van der Waals surface area contributed by atoms with Crippen LogP contribution in [0.5, 0.6) is 0 Å². The predicted molar refractivity (Wildman–Crippen MR) is 83.5 cm³/mol. The van der Waals surface area contributed by atoms with E-state index in [0.717, 1.165) is 17.8 Å². The zero-order valence-electron chi connectivity index (χ0n) is 11.9. The Balaban J connectivity index is 2.04. The van der Waals surface area contributed by atoms with Crippen LogP contribution in [0.4, 0.5) is 5.69 Å². The second kappa shape index (κ2) is 6.52. The Bertz CT molecular complexity index is 581. The van der Waals surface area contributed by atoms with E-state index < -0.39 is 0 Å². The van der Waals surface area contributed by atoms with E-state index in [1.54, 1.807) is 24.6 Å². The van der Waals surface area contributed by atoms with E-state index in [4.69, 9.17) is 0 Å². The van der Waals surface area contributed by atoms with Gasteiger partial charge in [-0.15, -0.1) is 11.3 Å². The number of nitrogens with zero attached hydrogens (tertiary/aromatic N) is 1. The lowest BCUT2D eigenvalue weighted by molar-refractivity contribution is 0.0940. The summed E-state index contributed by atoms with van der Waals surface area (Å²) in [4.78, 5) is 17.8. The lowest BCUT2D eigenvalue weighted by atomic mass is 10.1. The van der Waals surface area contributed by atoms with Gasteiger partial charge in [-0.3, -0.25) is 9.78 Å². The standard InChI is InChI=1S/C15H19N3OS/c1-10-8-14(16-3)13(9-17-10)15(19)18-11(2)7-12-5-4-6-20-12/h4-6,8-9,11H,7H2,1-3H3,(H,16,17)(H,18,19). The van der Waals surface area contributed by atoms with E-state index >= 15 is 0 Å². The van der Waals surface area contributed by atoms with Gasteiger partial charge in [0.15, 0.2) is 0 Å². The number of thiophene rings is 1. The Morgan fingerprint density at radius 3 is 2.95 bits per heavy atom. The minimum absolute atomic E-state index is 0.0900. The summed E-state index contributed by atoms with van der Waals surface area (Å²) < 4.78 is 0. The highest BCUT2D eigenvalue weighted by atomic mass is 32.1. The van der Waals surface area contributed by atoms with Gasteiger partial charge in [-0.25, -0.2) is 0 Å². The third kappa shape index (κ3) is 3.57. The molecule has 0 aliphatic carbocycles. The molecule has 2 aromatic heterocycles. The predicted octanol–water partition coefficient (Wildman–Crippen LogP) is 2.85. The van der Waals surface area contributed by atoms with Crippen molar-refractivity contribution in [1.29, 1.82) is 0 Å². The Morgan fingerprint density at radius 2 is 2.30 bits per heavy atom. The fourth-order valence-corrected chi connectivity index (χ4v) is 2.87. The highest BCUT2D eigenvalue weighted by Crippen LogP contribution is 2.16. The van der Waals surface area contributed by atoms with Crippen LogP contribution in [-0.4, -0.2) is 24.0 Å². The minimum atomic E-state index is -0.0918. The summed E-state index contributed by atoms with van der Waals surface area (Å²) in [5.74, 6) is -0.0918. The van der Waals surface area contributed by atoms with Gasteiger partial charge in [-0.05, 0) is 31.4 Å². The summed E-state index contributed by atoms with van der Waals surface area (Å²) in [6.45, 7) is 3.92. The number of rotatable bonds is 5. The number of hydrogen-bond acceptors (Lipinski definition) is 4. The summed E-state index contributed by atoms with van der Waals surface area (Å²) >= 11 is 1.71. The topological polar surface area (TPSA) is 54.0 Å². The largest absolute Gasteiger partial charge is 0.387 e. The minimum Gasteiger partial charge on any atom is -0.387 e. The molecule has 2 rings (SSSR count). The Hall–Kier alpha value is -1.88. The molecule has 2 aromatic rings. The van der Waals surface area contributed by atoms with Crippen LogP contribution in [0.1, 0.15) is 27.9 Å². The molecule has 0 aliphatic rings. The molecule has 0 aromatic carbocycles. The summed E-state index contributed by atoms with van der Waals surface area (Å²) in [7, 11) is 1.81. The molecule has 0 saturated heterocycles. The maximum Gasteiger partial charge on any atom is 0.255 e. The lowest BCUT2D eigenvalue weighted by Gasteiger charge is -2.15. The Morgan fingerprint density at radius 1 is 1.50 bits per heavy atom. The number of aryl methyl sites for hydroxylation is 1. The average molecular weight is 289 g/mol. The molecule has 20 heavy (non-hydrogen) atoms. The second-order valence-electron chi connectivity index (χ2n) is 4.78. The molecule has 1 amide bonds. The van der Waals surface area contributed by atoms with Gasteiger partial charge in [0.05, 0.1) is 11.3 Å². The van der Waals surface area contributed by atoms with Gasteiger partial charge in [0.25, 0.3) is 5.91 Å². The molecule has 0 spiro atoms. The van der Waals surface area contributed by atoms with Gasteiger partial charge in [0.1, 0.15) is 0 Å². The zero-order chi connectivity index (χ0) is 14.5. The van der Waals surface area contributed by atoms with Gasteiger partial charge in [0, 0.05) is 36.3 Å². The molecule has 5 heteroatoms. The summed E-state index contributed by atoms with van der Waals surface area (Å²) in [6, 6.07) is 6.07. The van der Waals surface area contributed by atoms with Crippen molar-refractivity contribution in [3.05, 3.63) is 45.9 Å². The van der Waals surface area contributed by atoms with Crippen LogP contribution in [0.15, 0.2) is 29.8 Å². The number of carbonyl (C=O) groups is 1. The van der Waals surface area contributed by atoms with Crippen molar-refractivity contribution in [3.63, 3.8) is 0 Å². The number of aromatic nitrogens is 1. The fraction of sp³-hybridized carbons (Fsp3) is 0.333. The summed E-state index contributed by atoms with van der Waals surface area (Å²) in [5, 5.41) is 8.10. The van der Waals surface area contributed by atoms with Crippen LogP contribution in [-0.2, 0) is 6.42 Å². The monoisotopic (exact) mass is 289 g/mol. The fourth-order valence-electron chi connectivity index (χ4n) is 2.03. The highest BCUT2D eigenvalue weighted by molar-refractivity contribution is 7.09. The molecule has 0 saturated carbocycles.